The van der Waals surface area contributed by atoms with Crippen LogP contribution in [0.1, 0.15) is 113 Å². The van der Waals surface area contributed by atoms with Crippen molar-refractivity contribution < 1.29 is 32.7 Å². The highest BCUT2D eigenvalue weighted by Crippen LogP contribution is 2.53. The summed E-state index contributed by atoms with van der Waals surface area (Å²) in [6, 6.07) is 19.1. The molecular weight excluding hydrogens is 861 g/mol. The molecule has 0 bridgehead atoms. The molecule has 4 N–H and O–H groups in total. The number of nitro groups is 1. The van der Waals surface area contributed by atoms with E-state index in [1.807, 2.05) is 6.07 Å². The minimum absolute atomic E-state index is 0.0488. The maximum atomic E-state index is 14.0. The molecule has 2 aromatic carbocycles. The van der Waals surface area contributed by atoms with E-state index in [0.29, 0.717) is 49.3 Å². The average Bonchev–Trinajstić information content (AvgIpc) is 3.76. The summed E-state index contributed by atoms with van der Waals surface area (Å²) in [5, 5.41) is 26.2. The number of rotatable bonds is 13. The van der Waals surface area contributed by atoms with Gasteiger partial charge in [-0.2, -0.15) is 0 Å². The van der Waals surface area contributed by atoms with E-state index in [0.717, 1.165) is 81.5 Å². The Bertz CT molecular complexity index is 2700. The molecule has 1 spiro atoms. The van der Waals surface area contributed by atoms with Crippen LogP contribution >= 0.6 is 0 Å². The molecule has 66 heavy (non-hydrogen) atoms. The Kier molecular flexibility index (Phi) is 12.6. The largest absolute Gasteiger partial charge is 0.455 e. The van der Waals surface area contributed by atoms with Gasteiger partial charge in [0.05, 0.1) is 47.2 Å². The van der Waals surface area contributed by atoms with Gasteiger partial charge in [-0.15, -0.1) is 0 Å². The number of carbonyl (C=O) groups excluding carboxylic acids is 1. The highest BCUT2D eigenvalue weighted by atomic mass is 32.2. The zero-order valence-electron chi connectivity index (χ0n) is 38.0. The van der Waals surface area contributed by atoms with Crippen LogP contribution in [0.2, 0.25) is 0 Å². The van der Waals surface area contributed by atoms with E-state index in [2.05, 4.69) is 79.8 Å². The summed E-state index contributed by atoms with van der Waals surface area (Å²) in [6.45, 7) is 12.1. The fraction of sp³-hybridized carbons (Fsp3) is 0.490. The molecule has 4 fully saturated rings. The predicted octanol–water partition coefficient (Wildman–Crippen LogP) is 8.46. The van der Waals surface area contributed by atoms with E-state index in [9.17, 15) is 28.4 Å². The molecule has 17 heteroatoms. The molecule has 1 unspecified atom stereocenters. The first kappa shape index (κ1) is 45.5. The lowest BCUT2D eigenvalue weighted by Crippen LogP contribution is -2.59. The first-order chi connectivity index (χ1) is 31.6. The number of aliphatic hydroxyl groups is 1. The van der Waals surface area contributed by atoms with Crippen LogP contribution in [0.4, 0.5) is 17.2 Å². The first-order valence-electron chi connectivity index (χ1n) is 23.2. The van der Waals surface area contributed by atoms with Gasteiger partial charge in [0.2, 0.25) is 5.82 Å². The number of nitrogens with zero attached hydrogens (tertiary/aromatic N) is 5. The fourth-order valence-electron chi connectivity index (χ4n) is 10.6. The smallest absolute Gasteiger partial charge is 0.312 e. The Morgan fingerprint density at radius 3 is 2.55 bits per heavy atom. The number of morpholine rings is 1. The normalized spacial score (nSPS) is 23.7. The van der Waals surface area contributed by atoms with Gasteiger partial charge in [-0.25, -0.2) is 23.1 Å². The number of aromatic amines is 1. The minimum Gasteiger partial charge on any atom is -0.455 e. The number of ether oxygens (including phenoxy) is 2. The number of sulfonamides is 1. The summed E-state index contributed by atoms with van der Waals surface area (Å²) in [5.74, 6) is 0.0125. The fourth-order valence-corrected chi connectivity index (χ4v) is 11.5. The Balaban J connectivity index is 0.901. The second kappa shape index (κ2) is 18.2. The number of fused-ring (bicyclic) bond motifs is 1. The molecule has 3 aromatic heterocycles. The predicted molar refractivity (Wildman–Crippen MR) is 252 cm³/mol. The van der Waals surface area contributed by atoms with Crippen LogP contribution < -0.4 is 19.7 Å². The van der Waals surface area contributed by atoms with Gasteiger partial charge in [-0.1, -0.05) is 38.1 Å². The lowest BCUT2D eigenvalue weighted by Gasteiger charge is -2.58. The summed E-state index contributed by atoms with van der Waals surface area (Å²) in [4.78, 5) is 41.5. The van der Waals surface area contributed by atoms with Crippen molar-refractivity contribution in [1.29, 1.82) is 0 Å². The Hall–Kier alpha value is -5.62. The summed E-state index contributed by atoms with van der Waals surface area (Å²) < 4.78 is 42.1. The number of hydrogen-bond donors (Lipinski definition) is 4. The van der Waals surface area contributed by atoms with Crippen molar-refractivity contribution in [2.75, 3.05) is 43.0 Å². The van der Waals surface area contributed by atoms with Crippen molar-refractivity contribution in [1.82, 2.24) is 24.6 Å². The molecule has 16 nitrogen and oxygen atoms in total. The minimum atomic E-state index is -4.64. The number of carbonyl (C=O) groups is 1. The number of anilines is 2. The number of aromatic nitrogens is 3. The van der Waals surface area contributed by atoms with Crippen LogP contribution in [0.3, 0.4) is 0 Å². The molecule has 2 atom stereocenters. The summed E-state index contributed by atoms with van der Waals surface area (Å²) in [7, 11) is -4.64. The second-order valence-electron chi connectivity index (χ2n) is 19.6. The van der Waals surface area contributed by atoms with E-state index in [4.69, 9.17) is 9.47 Å². The molecule has 350 valence electrons. The van der Waals surface area contributed by atoms with Crippen LogP contribution in [-0.2, 0) is 14.8 Å². The van der Waals surface area contributed by atoms with Gasteiger partial charge in [-0.3, -0.25) is 19.8 Å². The van der Waals surface area contributed by atoms with Crippen LogP contribution in [-0.4, -0.2) is 94.7 Å². The molecule has 0 radical (unpaired) electrons. The lowest BCUT2D eigenvalue weighted by molar-refractivity contribution is -0.384. The van der Waals surface area contributed by atoms with Gasteiger partial charge in [0.1, 0.15) is 22.0 Å². The van der Waals surface area contributed by atoms with Crippen LogP contribution in [0.25, 0.3) is 11.0 Å². The highest BCUT2D eigenvalue weighted by molar-refractivity contribution is 7.90. The molecule has 5 heterocycles. The third-order valence-electron chi connectivity index (χ3n) is 14.5. The van der Waals surface area contributed by atoms with Crippen molar-refractivity contribution in [2.24, 2.45) is 11.3 Å². The molecule has 9 rings (SSSR count). The summed E-state index contributed by atoms with van der Waals surface area (Å²) in [5.41, 5.74) is 3.18. The Labute approximate surface area is 385 Å². The van der Waals surface area contributed by atoms with E-state index < -0.39 is 37.0 Å². The first-order valence-corrected chi connectivity index (χ1v) is 24.7. The lowest BCUT2D eigenvalue weighted by atomic mass is 9.59. The topological polar surface area (TPSA) is 205 Å². The third-order valence-corrected chi connectivity index (χ3v) is 15.8. The number of nitrogens with one attached hydrogen (secondary N) is 3. The van der Waals surface area contributed by atoms with Crippen LogP contribution in [0.5, 0.6) is 11.5 Å². The number of amides is 1. The van der Waals surface area contributed by atoms with E-state index in [1.54, 1.807) is 37.4 Å². The van der Waals surface area contributed by atoms with Crippen molar-refractivity contribution in [3.8, 4) is 11.5 Å². The van der Waals surface area contributed by atoms with Crippen LogP contribution in [0.15, 0.2) is 84.1 Å². The highest BCUT2D eigenvalue weighted by Gasteiger charge is 2.50. The zero-order valence-corrected chi connectivity index (χ0v) is 38.9. The van der Waals surface area contributed by atoms with Gasteiger partial charge < -0.3 is 29.8 Å². The van der Waals surface area contributed by atoms with Crippen molar-refractivity contribution in [3.63, 3.8) is 0 Å². The Morgan fingerprint density at radius 1 is 1.05 bits per heavy atom. The van der Waals surface area contributed by atoms with E-state index in [1.165, 1.54) is 17.3 Å². The van der Waals surface area contributed by atoms with Crippen LogP contribution in [0, 0.1) is 21.4 Å². The molecule has 2 saturated heterocycles. The number of H-pyrrole nitrogens is 1. The third kappa shape index (κ3) is 9.62. The molecule has 1 amide bonds. The summed E-state index contributed by atoms with van der Waals surface area (Å²) >= 11 is 0. The van der Waals surface area contributed by atoms with Crippen molar-refractivity contribution in [2.45, 2.75) is 114 Å². The number of piperidine rings is 1. The quantitative estimate of drug-likeness (QED) is 0.0647. The van der Waals surface area contributed by atoms with Crippen molar-refractivity contribution in [3.05, 3.63) is 106 Å². The van der Waals surface area contributed by atoms with E-state index >= 15 is 0 Å². The van der Waals surface area contributed by atoms with Gasteiger partial charge in [0.15, 0.2) is 0 Å². The molecule has 2 saturated carbocycles. The maximum Gasteiger partial charge on any atom is 0.312 e. The zero-order chi connectivity index (χ0) is 46.4. The molecule has 2 aliphatic heterocycles. The number of benzene rings is 2. The summed E-state index contributed by atoms with van der Waals surface area (Å²) in [6.07, 6.45) is 11.5. The number of pyridine rings is 2. The number of hydrogen-bond acceptors (Lipinski definition) is 13. The SMILES string of the molecule is CC1CN(C2CC3(CCN(c4ccc(C(=O)NS(=O)(=O)c5cnc(NC[C@H]6CC[C@](C)(O)CC6)c([N+](=O)[O-])c5)c(Oc5cnc6[nH]ccc6c5)c4)CC3)C2)[C@H](c2ccccc2C(C)C)CO1. The second-order valence-corrected chi connectivity index (χ2v) is 21.3. The average molecular weight is 921 g/mol. The van der Waals surface area contributed by atoms with E-state index in [-0.39, 0.29) is 40.6 Å². The van der Waals surface area contributed by atoms with Gasteiger partial charge in [0.25, 0.3) is 15.9 Å². The standard InChI is InChI=1S/C49H60N8O8S/c1-31(2)39-7-5-6-8-40(39)43-30-64-32(3)29-56(43)36-24-49(25-36)16-19-55(20-17-49)35-9-10-41(44(22-35)65-37-21-34-13-18-50-45(34)52-27-37)47(58)54-66(62,63)38-23-42(57(60)61)46(53-28-38)51-26-33-11-14-48(4,59)15-12-33/h5-10,13,18,21-23,27-28,31-33,36,43,59H,11-12,14-17,19-20,24-26,29-30H2,1-4H3,(H,50,52)(H,51,53)(H,54,58)/t32?,33-,43-,48-/m0/s1. The van der Waals surface area contributed by atoms with Gasteiger partial charge in [-0.05, 0) is 118 Å². The van der Waals surface area contributed by atoms with Crippen molar-refractivity contribution >= 4 is 44.2 Å². The monoisotopic (exact) mass is 920 g/mol. The van der Waals surface area contributed by atoms with Gasteiger partial charge >= 0.3 is 5.69 Å². The van der Waals surface area contributed by atoms with Gasteiger partial charge in [0, 0.05) is 61.6 Å². The molecule has 5 aromatic rings. The molecule has 2 aliphatic carbocycles. The maximum absolute atomic E-state index is 14.0. The molecular formula is C49H60N8O8S. The Morgan fingerprint density at radius 2 is 1.80 bits per heavy atom. The molecule has 4 aliphatic rings.